The number of thioether (sulfide) groups is 1. The van der Waals surface area contributed by atoms with Gasteiger partial charge >= 0.3 is 0 Å². The van der Waals surface area contributed by atoms with Crippen LogP contribution in [0.2, 0.25) is 5.15 Å². The van der Waals surface area contributed by atoms with Crippen molar-refractivity contribution in [2.24, 2.45) is 5.73 Å². The lowest BCUT2D eigenvalue weighted by atomic mass is 10.00. The summed E-state index contributed by atoms with van der Waals surface area (Å²) < 4.78 is 5.88. The third kappa shape index (κ3) is 8.24. The molecule has 0 aliphatic rings. The average Bonchev–Trinajstić information content (AvgIpc) is 2.70. The van der Waals surface area contributed by atoms with Gasteiger partial charge in [0.05, 0.1) is 12.0 Å². The fourth-order valence-corrected chi connectivity index (χ4v) is 2.91. The number of pyridine rings is 2. The molecule has 2 N–H and O–H groups in total. The van der Waals surface area contributed by atoms with E-state index in [1.807, 2.05) is 51.7 Å². The molecule has 154 valence electrons. The number of halogens is 1. The van der Waals surface area contributed by atoms with Gasteiger partial charge in [0.25, 0.3) is 0 Å². The van der Waals surface area contributed by atoms with Crippen molar-refractivity contribution in [1.82, 2.24) is 9.97 Å². The number of nitrogens with two attached hydrogens (primary N) is 1. The molecule has 2 atom stereocenters. The van der Waals surface area contributed by atoms with E-state index in [9.17, 15) is 0 Å². The topological polar surface area (TPSA) is 61.0 Å². The maximum Gasteiger partial charge on any atom is 0.222 e. The molecule has 0 bridgehead atoms. The highest BCUT2D eigenvalue weighted by Gasteiger charge is 2.15. The van der Waals surface area contributed by atoms with Crippen LogP contribution in [-0.2, 0) is 0 Å². The molecule has 2 aromatic rings. The van der Waals surface area contributed by atoms with Gasteiger partial charge in [0.15, 0.2) is 0 Å². The Hall–Kier alpha value is -1.04. The van der Waals surface area contributed by atoms with Crippen molar-refractivity contribution < 1.29 is 4.74 Å². The van der Waals surface area contributed by atoms with E-state index in [2.05, 4.69) is 30.1 Å². The highest BCUT2D eigenvalue weighted by atomic mass is 35.5. The molecular formula is C21H36ClN3OS. The van der Waals surface area contributed by atoms with Crippen molar-refractivity contribution in [3.05, 3.63) is 29.2 Å². The first kappa shape index (κ1) is 26.0. The fourth-order valence-electron chi connectivity index (χ4n) is 2.42. The third-order valence-electron chi connectivity index (χ3n) is 3.90. The number of ether oxygens (including phenoxy) is 1. The fraction of sp³-hybridized carbons (Fsp3) is 0.619. The average molecular weight is 414 g/mol. The van der Waals surface area contributed by atoms with E-state index in [1.165, 1.54) is 0 Å². The minimum Gasteiger partial charge on any atom is -0.477 e. The van der Waals surface area contributed by atoms with Crippen LogP contribution in [0.3, 0.4) is 0 Å². The van der Waals surface area contributed by atoms with Gasteiger partial charge < -0.3 is 10.5 Å². The lowest BCUT2D eigenvalue weighted by Gasteiger charge is -2.16. The third-order valence-corrected chi connectivity index (χ3v) is 5.14. The van der Waals surface area contributed by atoms with E-state index < -0.39 is 0 Å². The van der Waals surface area contributed by atoms with Gasteiger partial charge in [-0.15, -0.1) is 0 Å². The molecule has 0 fully saturated rings. The molecule has 0 aliphatic heterocycles. The van der Waals surface area contributed by atoms with Crippen LogP contribution in [0, 0.1) is 0 Å². The summed E-state index contributed by atoms with van der Waals surface area (Å²) in [6.45, 7) is 12.9. The van der Waals surface area contributed by atoms with Crippen LogP contribution in [0.1, 0.15) is 72.4 Å². The summed E-state index contributed by atoms with van der Waals surface area (Å²) in [7, 11) is 0. The molecule has 0 spiro atoms. The smallest absolute Gasteiger partial charge is 0.222 e. The van der Waals surface area contributed by atoms with Gasteiger partial charge in [0.1, 0.15) is 5.15 Å². The van der Waals surface area contributed by atoms with Crippen LogP contribution in [-0.4, -0.2) is 28.1 Å². The molecule has 0 aliphatic carbocycles. The Bertz CT molecular complexity index is 655. The monoisotopic (exact) mass is 413 g/mol. The lowest BCUT2D eigenvalue weighted by Crippen LogP contribution is -2.12. The van der Waals surface area contributed by atoms with E-state index >= 15 is 0 Å². The minimum atomic E-state index is -0.0565. The summed E-state index contributed by atoms with van der Waals surface area (Å²) in [6, 6.07) is 1.79. The SMILES string of the molecule is CC.CC.CCCC(N)c1cnc(OCCC(C)SC)c2cnc(Cl)cc12. The van der Waals surface area contributed by atoms with Crippen molar-refractivity contribution in [2.45, 2.75) is 72.1 Å². The molecule has 4 nitrogen and oxygen atoms in total. The van der Waals surface area contributed by atoms with Gasteiger partial charge in [-0.25, -0.2) is 9.97 Å². The zero-order chi connectivity index (χ0) is 20.8. The molecule has 2 unspecified atom stereocenters. The molecular weight excluding hydrogens is 378 g/mol. The Balaban J connectivity index is 0.00000158. The normalized spacial score (nSPS) is 12.3. The van der Waals surface area contributed by atoms with Crippen LogP contribution < -0.4 is 10.5 Å². The van der Waals surface area contributed by atoms with E-state index in [0.717, 1.165) is 35.6 Å². The minimum absolute atomic E-state index is 0.0565. The number of hydrogen-bond acceptors (Lipinski definition) is 5. The molecule has 0 radical (unpaired) electrons. The second kappa shape index (κ2) is 14.9. The van der Waals surface area contributed by atoms with Crippen molar-refractivity contribution in [3.8, 4) is 5.88 Å². The largest absolute Gasteiger partial charge is 0.477 e. The second-order valence-electron chi connectivity index (χ2n) is 5.65. The Morgan fingerprint density at radius 3 is 2.37 bits per heavy atom. The van der Waals surface area contributed by atoms with Gasteiger partial charge in [-0.1, -0.05) is 59.6 Å². The zero-order valence-electron chi connectivity index (χ0n) is 17.9. The maximum atomic E-state index is 6.28. The van der Waals surface area contributed by atoms with E-state index in [4.69, 9.17) is 22.1 Å². The summed E-state index contributed by atoms with van der Waals surface area (Å²) in [5.41, 5.74) is 7.28. The van der Waals surface area contributed by atoms with E-state index in [-0.39, 0.29) is 6.04 Å². The first-order valence-corrected chi connectivity index (χ1v) is 11.6. The van der Waals surface area contributed by atoms with Gasteiger partial charge in [-0.2, -0.15) is 11.8 Å². The predicted molar refractivity (Wildman–Crippen MR) is 122 cm³/mol. The summed E-state index contributed by atoms with van der Waals surface area (Å²) in [4.78, 5) is 8.64. The number of fused-ring (bicyclic) bond motifs is 1. The Labute approximate surface area is 174 Å². The van der Waals surface area contributed by atoms with E-state index in [1.54, 1.807) is 6.20 Å². The number of hydrogen-bond donors (Lipinski definition) is 1. The van der Waals surface area contributed by atoms with Crippen LogP contribution in [0.5, 0.6) is 5.88 Å². The van der Waals surface area contributed by atoms with Crippen LogP contribution in [0.4, 0.5) is 0 Å². The summed E-state index contributed by atoms with van der Waals surface area (Å²) in [6.07, 6.45) is 8.54. The van der Waals surface area contributed by atoms with Gasteiger partial charge in [0.2, 0.25) is 5.88 Å². The molecule has 2 heterocycles. The van der Waals surface area contributed by atoms with Crippen molar-refractivity contribution >= 4 is 34.1 Å². The van der Waals surface area contributed by atoms with Crippen molar-refractivity contribution in [1.29, 1.82) is 0 Å². The van der Waals surface area contributed by atoms with Crippen molar-refractivity contribution in [3.63, 3.8) is 0 Å². The van der Waals surface area contributed by atoms with Crippen LogP contribution in [0.25, 0.3) is 10.8 Å². The summed E-state index contributed by atoms with van der Waals surface area (Å²) in [5, 5.41) is 2.87. The highest BCUT2D eigenvalue weighted by Crippen LogP contribution is 2.31. The maximum absolute atomic E-state index is 6.28. The van der Waals surface area contributed by atoms with Gasteiger partial charge in [-0.3, -0.25) is 0 Å². The molecule has 0 amide bonds. The molecule has 6 heteroatoms. The molecule has 27 heavy (non-hydrogen) atoms. The second-order valence-corrected chi connectivity index (χ2v) is 7.31. The molecule has 0 aromatic carbocycles. The molecule has 2 aromatic heterocycles. The first-order valence-electron chi connectivity index (χ1n) is 9.92. The van der Waals surface area contributed by atoms with Crippen LogP contribution >= 0.6 is 23.4 Å². The Morgan fingerprint density at radius 1 is 1.11 bits per heavy atom. The molecule has 0 saturated carbocycles. The number of rotatable bonds is 8. The zero-order valence-corrected chi connectivity index (χ0v) is 19.5. The number of nitrogens with zero attached hydrogens (tertiary/aromatic N) is 2. The number of aromatic nitrogens is 2. The predicted octanol–water partition coefficient (Wildman–Crippen LogP) is 6.66. The highest BCUT2D eigenvalue weighted by molar-refractivity contribution is 7.99. The Morgan fingerprint density at radius 2 is 1.78 bits per heavy atom. The first-order chi connectivity index (χ1) is 13.1. The summed E-state index contributed by atoms with van der Waals surface area (Å²) >= 11 is 7.90. The van der Waals surface area contributed by atoms with Gasteiger partial charge in [-0.05, 0) is 36.1 Å². The van der Waals surface area contributed by atoms with Crippen LogP contribution in [0.15, 0.2) is 18.5 Å². The standard InChI is InChI=1S/C17H24ClN3OS.2C2H6/c1-4-5-15(19)13-9-21-17(22-7-6-11(2)23-3)14-10-20-16(18)8-12(13)14;2*1-2/h8-11,15H,4-7,19H2,1-3H3;2*1-2H3. The Kier molecular flexibility index (Phi) is 14.4. The lowest BCUT2D eigenvalue weighted by molar-refractivity contribution is 0.303. The van der Waals surface area contributed by atoms with Crippen molar-refractivity contribution in [2.75, 3.05) is 12.9 Å². The summed E-state index contributed by atoms with van der Waals surface area (Å²) in [5.74, 6) is 0.602. The van der Waals surface area contributed by atoms with Gasteiger partial charge in [0, 0.05) is 23.7 Å². The molecule has 0 saturated heterocycles. The quantitative estimate of drug-likeness (QED) is 0.490. The van der Waals surface area contributed by atoms with E-state index in [0.29, 0.717) is 22.9 Å². The molecule has 2 rings (SSSR count).